The number of aliphatic hydroxyl groups is 1. The maximum Gasteiger partial charge on any atom is 0.275 e. The zero-order chi connectivity index (χ0) is 11.8. The molecule has 90 valence electrons. The third-order valence-corrected chi connectivity index (χ3v) is 3.19. The predicted molar refractivity (Wildman–Crippen MR) is 62.6 cm³/mol. The standard InChI is InChI=1S/C11H14N4O2/c16-8-1-2-15(5-8)4-7-3-12-10-9(7)13-6-14-11(10)17/h3,6,8,12,16H,1-2,4-5H2,(H,13,14,17)/t8-/m1/s1. The van der Waals surface area contributed by atoms with Gasteiger partial charge in [-0.25, -0.2) is 4.98 Å². The van der Waals surface area contributed by atoms with Crippen LogP contribution < -0.4 is 5.56 Å². The van der Waals surface area contributed by atoms with Crippen molar-refractivity contribution in [2.24, 2.45) is 0 Å². The summed E-state index contributed by atoms with van der Waals surface area (Å²) in [5.41, 5.74) is 2.08. The molecule has 1 fully saturated rings. The second-order valence-corrected chi connectivity index (χ2v) is 4.45. The number of hydrogen-bond donors (Lipinski definition) is 3. The number of nitrogens with one attached hydrogen (secondary N) is 2. The van der Waals surface area contributed by atoms with Crippen LogP contribution in [0.15, 0.2) is 17.3 Å². The molecule has 6 heteroatoms. The fourth-order valence-corrected chi connectivity index (χ4v) is 2.32. The number of β-amino-alcohol motifs (C(OH)–C–C–N with tert-alkyl or cyclic N) is 1. The lowest BCUT2D eigenvalue weighted by Gasteiger charge is -2.13. The molecule has 0 spiro atoms. The molecular weight excluding hydrogens is 220 g/mol. The van der Waals surface area contributed by atoms with Gasteiger partial charge in [0.1, 0.15) is 5.52 Å². The first-order chi connectivity index (χ1) is 8.24. The predicted octanol–water partition coefficient (Wildman–Crippen LogP) is -0.182. The quantitative estimate of drug-likeness (QED) is 0.673. The summed E-state index contributed by atoms with van der Waals surface area (Å²) in [5, 5.41) is 9.47. The molecule has 0 aromatic carbocycles. The van der Waals surface area contributed by atoms with E-state index in [1.54, 1.807) is 0 Å². The first kappa shape index (κ1) is 10.5. The first-order valence-electron chi connectivity index (χ1n) is 5.68. The highest BCUT2D eigenvalue weighted by Gasteiger charge is 2.21. The van der Waals surface area contributed by atoms with E-state index in [4.69, 9.17) is 0 Å². The maximum absolute atomic E-state index is 11.5. The molecule has 0 radical (unpaired) electrons. The van der Waals surface area contributed by atoms with Gasteiger partial charge in [0, 0.05) is 31.4 Å². The van der Waals surface area contributed by atoms with Crippen LogP contribution in [-0.2, 0) is 6.54 Å². The summed E-state index contributed by atoms with van der Waals surface area (Å²) >= 11 is 0. The lowest BCUT2D eigenvalue weighted by atomic mass is 10.2. The molecule has 0 aliphatic carbocycles. The van der Waals surface area contributed by atoms with Crippen LogP contribution in [0, 0.1) is 0 Å². The van der Waals surface area contributed by atoms with Crippen LogP contribution in [-0.4, -0.2) is 44.2 Å². The van der Waals surface area contributed by atoms with Gasteiger partial charge in [-0.15, -0.1) is 0 Å². The second-order valence-electron chi connectivity index (χ2n) is 4.45. The number of rotatable bonds is 2. The fourth-order valence-electron chi connectivity index (χ4n) is 2.32. The van der Waals surface area contributed by atoms with E-state index in [1.807, 2.05) is 6.20 Å². The minimum Gasteiger partial charge on any atom is -0.392 e. The van der Waals surface area contributed by atoms with Crippen molar-refractivity contribution in [1.29, 1.82) is 0 Å². The number of fused-ring (bicyclic) bond motifs is 1. The number of H-pyrrole nitrogens is 2. The molecule has 1 aliphatic rings. The molecule has 2 aromatic rings. The Morgan fingerprint density at radius 3 is 3.18 bits per heavy atom. The fraction of sp³-hybridized carbons (Fsp3) is 0.455. The molecule has 6 nitrogen and oxygen atoms in total. The van der Waals surface area contributed by atoms with Crippen LogP contribution in [0.2, 0.25) is 0 Å². The van der Waals surface area contributed by atoms with E-state index in [0.717, 1.165) is 24.0 Å². The SMILES string of the molecule is O=c1[nH]cnc2c(CN3CC[C@@H](O)C3)c[nH]c12. The average molecular weight is 234 g/mol. The van der Waals surface area contributed by atoms with Gasteiger partial charge in [-0.1, -0.05) is 0 Å². The van der Waals surface area contributed by atoms with Crippen LogP contribution in [0.5, 0.6) is 0 Å². The number of aliphatic hydroxyl groups excluding tert-OH is 1. The average Bonchev–Trinajstić information content (AvgIpc) is 2.88. The Balaban J connectivity index is 1.91. The molecule has 0 unspecified atom stereocenters. The molecule has 3 heterocycles. The molecule has 3 N–H and O–H groups in total. The van der Waals surface area contributed by atoms with Gasteiger partial charge in [0.15, 0.2) is 0 Å². The highest BCUT2D eigenvalue weighted by Crippen LogP contribution is 2.17. The number of nitrogens with zero attached hydrogens (tertiary/aromatic N) is 2. The molecule has 1 aliphatic heterocycles. The Morgan fingerprint density at radius 1 is 1.53 bits per heavy atom. The second kappa shape index (κ2) is 3.97. The summed E-state index contributed by atoms with van der Waals surface area (Å²) in [7, 11) is 0. The molecule has 0 amide bonds. The van der Waals surface area contributed by atoms with E-state index >= 15 is 0 Å². The Labute approximate surface area is 97.3 Å². The van der Waals surface area contributed by atoms with Crippen molar-refractivity contribution in [1.82, 2.24) is 19.9 Å². The number of aromatic amines is 2. The first-order valence-corrected chi connectivity index (χ1v) is 5.68. The summed E-state index contributed by atoms with van der Waals surface area (Å²) < 4.78 is 0. The molecule has 3 rings (SSSR count). The van der Waals surface area contributed by atoms with Crippen molar-refractivity contribution >= 4 is 11.0 Å². The van der Waals surface area contributed by atoms with Gasteiger partial charge in [-0.05, 0) is 6.42 Å². The Hall–Kier alpha value is -1.66. The minimum atomic E-state index is -0.225. The maximum atomic E-state index is 11.5. The van der Waals surface area contributed by atoms with Gasteiger partial charge in [-0.3, -0.25) is 9.69 Å². The van der Waals surface area contributed by atoms with Crippen molar-refractivity contribution in [3.8, 4) is 0 Å². The summed E-state index contributed by atoms with van der Waals surface area (Å²) in [6.45, 7) is 2.29. The molecular formula is C11H14N4O2. The molecule has 1 atom stereocenters. The van der Waals surface area contributed by atoms with Crippen LogP contribution in [0.1, 0.15) is 12.0 Å². The van der Waals surface area contributed by atoms with Crippen LogP contribution in [0.4, 0.5) is 0 Å². The van der Waals surface area contributed by atoms with Crippen molar-refractivity contribution in [2.45, 2.75) is 19.1 Å². The van der Waals surface area contributed by atoms with E-state index in [9.17, 15) is 9.90 Å². The Bertz CT molecular complexity index is 588. The van der Waals surface area contributed by atoms with E-state index in [1.165, 1.54) is 6.33 Å². The topological polar surface area (TPSA) is 85.0 Å². The molecule has 0 saturated carbocycles. The Kier molecular flexibility index (Phi) is 2.45. The molecule has 2 aromatic heterocycles. The summed E-state index contributed by atoms with van der Waals surface area (Å²) in [6, 6.07) is 0. The zero-order valence-corrected chi connectivity index (χ0v) is 9.31. The van der Waals surface area contributed by atoms with E-state index in [2.05, 4.69) is 19.9 Å². The number of likely N-dealkylation sites (tertiary alicyclic amines) is 1. The zero-order valence-electron chi connectivity index (χ0n) is 9.31. The van der Waals surface area contributed by atoms with E-state index < -0.39 is 0 Å². The van der Waals surface area contributed by atoms with Crippen molar-refractivity contribution in [2.75, 3.05) is 13.1 Å². The highest BCUT2D eigenvalue weighted by molar-refractivity contribution is 5.77. The van der Waals surface area contributed by atoms with E-state index in [-0.39, 0.29) is 11.7 Å². The van der Waals surface area contributed by atoms with Gasteiger partial charge in [-0.2, -0.15) is 0 Å². The summed E-state index contributed by atoms with van der Waals surface area (Å²) in [4.78, 5) is 23.3. The molecule has 0 bridgehead atoms. The number of hydrogen-bond acceptors (Lipinski definition) is 4. The highest BCUT2D eigenvalue weighted by atomic mass is 16.3. The van der Waals surface area contributed by atoms with E-state index in [0.29, 0.717) is 18.6 Å². The van der Waals surface area contributed by atoms with Gasteiger partial charge in [0.2, 0.25) is 0 Å². The van der Waals surface area contributed by atoms with Crippen molar-refractivity contribution < 1.29 is 5.11 Å². The minimum absolute atomic E-state index is 0.150. The van der Waals surface area contributed by atoms with Crippen LogP contribution in [0.3, 0.4) is 0 Å². The number of aromatic nitrogens is 3. The molecule has 1 saturated heterocycles. The van der Waals surface area contributed by atoms with Gasteiger partial charge < -0.3 is 15.1 Å². The largest absolute Gasteiger partial charge is 0.392 e. The van der Waals surface area contributed by atoms with Crippen molar-refractivity contribution in [3.05, 3.63) is 28.4 Å². The Morgan fingerprint density at radius 2 is 2.41 bits per heavy atom. The smallest absolute Gasteiger partial charge is 0.275 e. The monoisotopic (exact) mass is 234 g/mol. The molecule has 17 heavy (non-hydrogen) atoms. The summed E-state index contributed by atoms with van der Waals surface area (Å²) in [5.74, 6) is 0. The van der Waals surface area contributed by atoms with Crippen LogP contribution >= 0.6 is 0 Å². The normalized spacial score (nSPS) is 21.4. The third-order valence-electron chi connectivity index (χ3n) is 3.19. The van der Waals surface area contributed by atoms with Gasteiger partial charge in [0.25, 0.3) is 5.56 Å². The van der Waals surface area contributed by atoms with Gasteiger partial charge >= 0.3 is 0 Å². The lowest BCUT2D eigenvalue weighted by molar-refractivity contribution is 0.175. The third kappa shape index (κ3) is 1.85. The van der Waals surface area contributed by atoms with Gasteiger partial charge in [0.05, 0.1) is 17.9 Å². The lowest BCUT2D eigenvalue weighted by Crippen LogP contribution is -2.21. The van der Waals surface area contributed by atoms with Crippen molar-refractivity contribution in [3.63, 3.8) is 0 Å². The summed E-state index contributed by atoms with van der Waals surface area (Å²) in [6.07, 6.45) is 3.83. The van der Waals surface area contributed by atoms with Crippen LogP contribution in [0.25, 0.3) is 11.0 Å².